The zero-order valence-electron chi connectivity index (χ0n) is 13.8. The fourth-order valence-electron chi connectivity index (χ4n) is 1.99. The van der Waals surface area contributed by atoms with Gasteiger partial charge in [0.15, 0.2) is 0 Å². The van der Waals surface area contributed by atoms with Crippen LogP contribution in [-0.4, -0.2) is 29.1 Å². The fraction of sp³-hybridized carbons (Fsp3) is 0.529. The van der Waals surface area contributed by atoms with Gasteiger partial charge in [0, 0.05) is 12.2 Å². The number of anilines is 1. The van der Waals surface area contributed by atoms with Crippen LogP contribution in [0.25, 0.3) is 0 Å². The van der Waals surface area contributed by atoms with Crippen LogP contribution in [0.15, 0.2) is 24.3 Å². The first-order valence-corrected chi connectivity index (χ1v) is 7.73. The van der Waals surface area contributed by atoms with E-state index in [9.17, 15) is 14.7 Å². The van der Waals surface area contributed by atoms with Crippen LogP contribution in [0.5, 0.6) is 0 Å². The number of hydrogen-bond donors (Lipinski definition) is 3. The topological polar surface area (TPSA) is 78.4 Å². The lowest BCUT2D eigenvalue weighted by Crippen LogP contribution is -2.45. The van der Waals surface area contributed by atoms with Crippen LogP contribution in [-0.2, 0) is 9.59 Å². The van der Waals surface area contributed by atoms with Gasteiger partial charge in [-0.15, -0.1) is 0 Å². The first kappa shape index (κ1) is 18.2. The summed E-state index contributed by atoms with van der Waals surface area (Å²) < 4.78 is 0. The Hall–Kier alpha value is -1.88. The molecule has 122 valence electrons. The van der Waals surface area contributed by atoms with Crippen molar-refractivity contribution in [2.45, 2.75) is 52.1 Å². The molecule has 2 amide bonds. The van der Waals surface area contributed by atoms with Gasteiger partial charge in [0.1, 0.15) is 0 Å². The molecule has 3 N–H and O–H groups in total. The van der Waals surface area contributed by atoms with Crippen molar-refractivity contribution in [1.29, 1.82) is 0 Å². The number of carbonyl (C=O) groups is 2. The molecule has 22 heavy (non-hydrogen) atoms. The summed E-state index contributed by atoms with van der Waals surface area (Å²) in [5.74, 6) is -1.12. The van der Waals surface area contributed by atoms with Gasteiger partial charge in [-0.25, -0.2) is 0 Å². The van der Waals surface area contributed by atoms with Crippen molar-refractivity contribution in [1.82, 2.24) is 5.32 Å². The van der Waals surface area contributed by atoms with Gasteiger partial charge >= 0.3 is 11.8 Å². The van der Waals surface area contributed by atoms with E-state index in [2.05, 4.69) is 24.5 Å². The highest BCUT2D eigenvalue weighted by Crippen LogP contribution is 2.18. The number of hydrogen-bond acceptors (Lipinski definition) is 3. The van der Waals surface area contributed by atoms with Crippen molar-refractivity contribution < 1.29 is 14.7 Å². The number of benzene rings is 1. The monoisotopic (exact) mass is 306 g/mol. The van der Waals surface area contributed by atoms with Gasteiger partial charge in [0.05, 0.1) is 5.60 Å². The van der Waals surface area contributed by atoms with Crippen LogP contribution in [0, 0.1) is 0 Å². The van der Waals surface area contributed by atoms with Gasteiger partial charge in [0.2, 0.25) is 0 Å². The second kappa shape index (κ2) is 7.94. The normalized spacial score (nSPS) is 11.4. The van der Waals surface area contributed by atoms with Crippen LogP contribution in [0.4, 0.5) is 5.69 Å². The Morgan fingerprint density at radius 1 is 1.18 bits per heavy atom. The quantitative estimate of drug-likeness (QED) is 0.706. The standard InChI is InChI=1S/C17H26N2O3/c1-5-17(22,6-2)11-18-15(20)16(21)19-14-9-7-8-13(10-14)12(3)4/h7-10,12,22H,5-6,11H2,1-4H3,(H,18,20)(H,19,21). The summed E-state index contributed by atoms with van der Waals surface area (Å²) in [7, 11) is 0. The zero-order valence-corrected chi connectivity index (χ0v) is 13.8. The van der Waals surface area contributed by atoms with E-state index in [1.54, 1.807) is 6.07 Å². The van der Waals surface area contributed by atoms with E-state index in [1.165, 1.54) is 0 Å². The van der Waals surface area contributed by atoms with Crippen molar-refractivity contribution in [3.63, 3.8) is 0 Å². The Morgan fingerprint density at radius 3 is 2.36 bits per heavy atom. The van der Waals surface area contributed by atoms with Crippen molar-refractivity contribution in [2.75, 3.05) is 11.9 Å². The average molecular weight is 306 g/mol. The highest BCUT2D eigenvalue weighted by Gasteiger charge is 2.24. The molecule has 0 aliphatic rings. The minimum atomic E-state index is -0.965. The number of rotatable bonds is 6. The average Bonchev–Trinajstić information content (AvgIpc) is 2.52. The van der Waals surface area contributed by atoms with E-state index < -0.39 is 17.4 Å². The Kier molecular flexibility index (Phi) is 6.56. The van der Waals surface area contributed by atoms with E-state index >= 15 is 0 Å². The van der Waals surface area contributed by atoms with E-state index in [-0.39, 0.29) is 6.54 Å². The molecule has 0 atom stereocenters. The Bertz CT molecular complexity index is 522. The summed E-state index contributed by atoms with van der Waals surface area (Å²) in [5, 5.41) is 15.2. The predicted molar refractivity (Wildman–Crippen MR) is 87.7 cm³/mol. The summed E-state index contributed by atoms with van der Waals surface area (Å²) in [6, 6.07) is 7.41. The first-order chi connectivity index (χ1) is 10.3. The summed E-state index contributed by atoms with van der Waals surface area (Å²) in [6.07, 6.45) is 1.03. The lowest BCUT2D eigenvalue weighted by atomic mass is 9.98. The Morgan fingerprint density at radius 2 is 1.82 bits per heavy atom. The minimum absolute atomic E-state index is 0.0677. The van der Waals surface area contributed by atoms with Crippen molar-refractivity contribution in [3.05, 3.63) is 29.8 Å². The molecule has 5 heteroatoms. The lowest BCUT2D eigenvalue weighted by Gasteiger charge is -2.25. The fourth-order valence-corrected chi connectivity index (χ4v) is 1.99. The van der Waals surface area contributed by atoms with Gasteiger partial charge in [-0.1, -0.05) is 39.8 Å². The van der Waals surface area contributed by atoms with Gasteiger partial charge in [0.25, 0.3) is 0 Å². The van der Waals surface area contributed by atoms with Crippen molar-refractivity contribution >= 4 is 17.5 Å². The Labute approximate surface area is 132 Å². The third kappa shape index (κ3) is 5.15. The highest BCUT2D eigenvalue weighted by atomic mass is 16.3. The van der Waals surface area contributed by atoms with Crippen LogP contribution in [0.2, 0.25) is 0 Å². The summed E-state index contributed by atoms with van der Waals surface area (Å²) in [5.41, 5.74) is 0.713. The van der Waals surface area contributed by atoms with Gasteiger partial charge in [-0.3, -0.25) is 9.59 Å². The largest absolute Gasteiger partial charge is 0.388 e. The molecule has 0 spiro atoms. The van der Waals surface area contributed by atoms with E-state index in [0.717, 1.165) is 5.56 Å². The molecule has 1 rings (SSSR count). The minimum Gasteiger partial charge on any atom is -0.388 e. The molecule has 0 aliphatic heterocycles. The van der Waals surface area contributed by atoms with E-state index in [0.29, 0.717) is 24.4 Å². The molecule has 5 nitrogen and oxygen atoms in total. The molecule has 1 aromatic carbocycles. The molecule has 0 aliphatic carbocycles. The maximum atomic E-state index is 11.9. The second-order valence-corrected chi connectivity index (χ2v) is 5.85. The predicted octanol–water partition coefficient (Wildman–Crippen LogP) is 2.42. The van der Waals surface area contributed by atoms with E-state index in [4.69, 9.17) is 0 Å². The molecule has 0 fully saturated rings. The third-order valence-electron chi connectivity index (χ3n) is 3.91. The summed E-state index contributed by atoms with van der Waals surface area (Å²) >= 11 is 0. The van der Waals surface area contributed by atoms with Crippen LogP contribution in [0.3, 0.4) is 0 Å². The smallest absolute Gasteiger partial charge is 0.313 e. The molecule has 1 aromatic rings. The van der Waals surface area contributed by atoms with Crippen molar-refractivity contribution in [3.8, 4) is 0 Å². The third-order valence-corrected chi connectivity index (χ3v) is 3.91. The summed E-state index contributed by atoms with van der Waals surface area (Å²) in [6.45, 7) is 7.87. The molecule has 0 bridgehead atoms. The van der Waals surface area contributed by atoms with Gasteiger partial charge in [-0.2, -0.15) is 0 Å². The van der Waals surface area contributed by atoms with Crippen LogP contribution in [0.1, 0.15) is 52.0 Å². The van der Waals surface area contributed by atoms with Gasteiger partial charge < -0.3 is 15.7 Å². The summed E-state index contributed by atoms with van der Waals surface area (Å²) in [4.78, 5) is 23.7. The zero-order chi connectivity index (χ0) is 16.8. The van der Waals surface area contributed by atoms with Gasteiger partial charge in [-0.05, 0) is 36.5 Å². The maximum Gasteiger partial charge on any atom is 0.313 e. The molecule has 0 aromatic heterocycles. The highest BCUT2D eigenvalue weighted by molar-refractivity contribution is 6.39. The van der Waals surface area contributed by atoms with Crippen LogP contribution < -0.4 is 10.6 Å². The number of carbonyl (C=O) groups excluding carboxylic acids is 2. The number of nitrogens with one attached hydrogen (secondary N) is 2. The molecular formula is C17H26N2O3. The lowest BCUT2D eigenvalue weighted by molar-refractivity contribution is -0.136. The molecule has 0 saturated carbocycles. The second-order valence-electron chi connectivity index (χ2n) is 5.85. The maximum absolute atomic E-state index is 11.9. The molecule has 0 radical (unpaired) electrons. The number of aliphatic hydroxyl groups is 1. The van der Waals surface area contributed by atoms with Crippen LogP contribution >= 0.6 is 0 Å². The SMILES string of the molecule is CCC(O)(CC)CNC(=O)C(=O)Nc1cccc(C(C)C)c1. The first-order valence-electron chi connectivity index (χ1n) is 7.73. The van der Waals surface area contributed by atoms with Crippen molar-refractivity contribution in [2.24, 2.45) is 0 Å². The number of amides is 2. The Balaban J connectivity index is 2.61. The molecule has 0 unspecified atom stereocenters. The van der Waals surface area contributed by atoms with E-state index in [1.807, 2.05) is 32.0 Å². The molecule has 0 heterocycles. The molecule has 0 saturated heterocycles. The molecular weight excluding hydrogens is 280 g/mol.